The van der Waals surface area contributed by atoms with Crippen LogP contribution in [-0.4, -0.2) is 39.4 Å². The predicted molar refractivity (Wildman–Crippen MR) is 119 cm³/mol. The molecular weight excluding hydrogens is 376 g/mol. The van der Waals surface area contributed by atoms with Gasteiger partial charge in [0.05, 0.1) is 18.4 Å². The van der Waals surface area contributed by atoms with Gasteiger partial charge in [-0.15, -0.1) is 16.8 Å². The van der Waals surface area contributed by atoms with Gasteiger partial charge in [-0.2, -0.15) is 5.10 Å². The molecular formula is C23H20N6O. The average molecular weight is 396 g/mol. The van der Waals surface area contributed by atoms with E-state index in [0.29, 0.717) is 24.5 Å². The van der Waals surface area contributed by atoms with Gasteiger partial charge in [0.15, 0.2) is 5.71 Å². The Morgan fingerprint density at radius 1 is 1.07 bits per heavy atom. The molecule has 0 fully saturated rings. The summed E-state index contributed by atoms with van der Waals surface area (Å²) in [5.74, 6) is -0.180. The number of benzene rings is 2. The zero-order valence-corrected chi connectivity index (χ0v) is 16.3. The summed E-state index contributed by atoms with van der Waals surface area (Å²) in [6.45, 7) is 4.80. The number of aromatic nitrogens is 3. The smallest absolute Gasteiger partial charge is 0.279 e. The molecule has 0 saturated carbocycles. The molecule has 0 spiro atoms. The average Bonchev–Trinajstić information content (AvgIpc) is 3.32. The van der Waals surface area contributed by atoms with Gasteiger partial charge in [0.2, 0.25) is 0 Å². The van der Waals surface area contributed by atoms with Crippen molar-refractivity contribution in [2.75, 3.05) is 11.4 Å². The van der Waals surface area contributed by atoms with Crippen LogP contribution in [0.5, 0.6) is 0 Å². The molecule has 0 N–H and O–H groups in total. The number of carbonyl (C=O) groups is 1. The topological polar surface area (TPSA) is 75.7 Å². The first kappa shape index (κ1) is 19.2. The van der Waals surface area contributed by atoms with E-state index in [2.05, 4.69) is 27.1 Å². The first-order valence-corrected chi connectivity index (χ1v) is 9.50. The van der Waals surface area contributed by atoms with Gasteiger partial charge >= 0.3 is 0 Å². The van der Waals surface area contributed by atoms with Gasteiger partial charge in [-0.3, -0.25) is 4.79 Å². The van der Waals surface area contributed by atoms with E-state index in [9.17, 15) is 4.79 Å². The van der Waals surface area contributed by atoms with Gasteiger partial charge in [0.25, 0.3) is 5.91 Å². The lowest BCUT2D eigenvalue weighted by molar-refractivity contribution is -0.112. The maximum absolute atomic E-state index is 12.6. The van der Waals surface area contributed by atoms with Gasteiger partial charge in [0, 0.05) is 18.3 Å². The molecule has 4 rings (SSSR count). The number of fused-ring (bicyclic) bond motifs is 1. The molecule has 2 heterocycles. The summed E-state index contributed by atoms with van der Waals surface area (Å²) < 4.78 is 1.77. The minimum atomic E-state index is -0.180. The highest BCUT2D eigenvalue weighted by atomic mass is 16.2. The number of hydrogen-bond donors (Lipinski definition) is 0. The Balaban J connectivity index is 1.42. The molecule has 1 aromatic heterocycles. The number of para-hydroxylation sites is 1. The van der Waals surface area contributed by atoms with E-state index in [4.69, 9.17) is 0 Å². The molecule has 1 aliphatic rings. The highest BCUT2D eigenvalue weighted by molar-refractivity contribution is 6.54. The van der Waals surface area contributed by atoms with Gasteiger partial charge in [-0.05, 0) is 23.8 Å². The maximum Gasteiger partial charge on any atom is 0.279 e. The number of rotatable bonds is 7. The Morgan fingerprint density at radius 3 is 2.70 bits per heavy atom. The molecule has 0 saturated heterocycles. The van der Waals surface area contributed by atoms with Crippen molar-refractivity contribution in [3.05, 3.63) is 96.3 Å². The van der Waals surface area contributed by atoms with E-state index in [1.165, 1.54) is 6.21 Å². The van der Waals surface area contributed by atoms with Gasteiger partial charge in [0.1, 0.15) is 5.69 Å². The summed E-state index contributed by atoms with van der Waals surface area (Å²) in [6, 6.07) is 17.6. The van der Waals surface area contributed by atoms with E-state index in [1.54, 1.807) is 27.8 Å². The van der Waals surface area contributed by atoms with Crippen LogP contribution in [0.15, 0.2) is 89.7 Å². The largest absolute Gasteiger partial charge is 0.302 e. The number of hydrogen-bond acceptors (Lipinski definition) is 5. The first-order chi connectivity index (χ1) is 14.8. The van der Waals surface area contributed by atoms with Crippen molar-refractivity contribution in [1.82, 2.24) is 15.0 Å². The lowest BCUT2D eigenvalue weighted by Crippen LogP contribution is -2.30. The fourth-order valence-electron chi connectivity index (χ4n) is 3.18. The minimum absolute atomic E-state index is 0.180. The van der Waals surface area contributed by atoms with E-state index >= 15 is 0 Å². The van der Waals surface area contributed by atoms with Crippen molar-refractivity contribution < 1.29 is 4.79 Å². The SMILES string of the molecule is C=CCN1C(=O)/C(=N/N=C\C=C\c2cn(Cc3ccccc3)nn2)c2ccccc21. The summed E-state index contributed by atoms with van der Waals surface area (Å²) in [7, 11) is 0. The zero-order chi connectivity index (χ0) is 20.8. The number of nitrogens with zero attached hydrogens (tertiary/aromatic N) is 6. The summed E-state index contributed by atoms with van der Waals surface area (Å²) in [5.41, 5.74) is 3.79. The van der Waals surface area contributed by atoms with Crippen LogP contribution in [-0.2, 0) is 11.3 Å². The van der Waals surface area contributed by atoms with Crippen LogP contribution in [0.4, 0.5) is 5.69 Å². The van der Waals surface area contributed by atoms with E-state index in [1.807, 2.05) is 60.8 Å². The van der Waals surface area contributed by atoms with Crippen molar-refractivity contribution in [3.8, 4) is 0 Å². The molecule has 1 aliphatic heterocycles. The van der Waals surface area contributed by atoms with Crippen LogP contribution in [0.25, 0.3) is 6.08 Å². The lowest BCUT2D eigenvalue weighted by Gasteiger charge is -2.13. The van der Waals surface area contributed by atoms with Crippen LogP contribution >= 0.6 is 0 Å². The second-order valence-electron chi connectivity index (χ2n) is 6.62. The quantitative estimate of drug-likeness (QED) is 0.349. The van der Waals surface area contributed by atoms with Crippen molar-refractivity contribution in [3.63, 3.8) is 0 Å². The molecule has 2 aromatic carbocycles. The molecule has 0 atom stereocenters. The van der Waals surface area contributed by atoms with Crippen molar-refractivity contribution in [1.29, 1.82) is 0 Å². The second kappa shape index (κ2) is 8.91. The zero-order valence-electron chi connectivity index (χ0n) is 16.3. The summed E-state index contributed by atoms with van der Waals surface area (Å²) in [6.07, 6.45) is 8.57. The van der Waals surface area contributed by atoms with Crippen molar-refractivity contribution in [2.45, 2.75) is 6.54 Å². The molecule has 0 aliphatic carbocycles. The molecule has 30 heavy (non-hydrogen) atoms. The Bertz CT molecular complexity index is 1140. The monoisotopic (exact) mass is 396 g/mol. The molecule has 0 radical (unpaired) electrons. The van der Waals surface area contributed by atoms with Crippen LogP contribution in [0.3, 0.4) is 0 Å². The maximum atomic E-state index is 12.6. The molecule has 0 unspecified atom stereocenters. The summed E-state index contributed by atoms with van der Waals surface area (Å²) in [5, 5.41) is 16.4. The first-order valence-electron chi connectivity index (χ1n) is 9.50. The second-order valence-corrected chi connectivity index (χ2v) is 6.62. The van der Waals surface area contributed by atoms with Crippen LogP contribution in [0.1, 0.15) is 16.8 Å². The number of amides is 1. The number of anilines is 1. The van der Waals surface area contributed by atoms with Gasteiger partial charge in [-0.1, -0.05) is 59.8 Å². The molecule has 7 heteroatoms. The van der Waals surface area contributed by atoms with Crippen molar-refractivity contribution >= 4 is 29.6 Å². The highest BCUT2D eigenvalue weighted by Crippen LogP contribution is 2.28. The Morgan fingerprint density at radius 2 is 1.87 bits per heavy atom. The van der Waals surface area contributed by atoms with E-state index in [-0.39, 0.29) is 5.91 Å². The fraction of sp³-hybridized carbons (Fsp3) is 0.0870. The summed E-state index contributed by atoms with van der Waals surface area (Å²) in [4.78, 5) is 14.3. The standard InChI is InChI=1S/C23H20N6O/c1-2-15-29-21-13-7-6-12-20(21)22(23(29)30)26-24-14-8-11-19-17-28(27-25-19)16-18-9-4-3-5-10-18/h2-14,17H,1,15-16H2/b11-8+,24-14-,26-22+. The van der Waals surface area contributed by atoms with Crippen LogP contribution in [0.2, 0.25) is 0 Å². The third-order valence-electron chi connectivity index (χ3n) is 4.53. The molecule has 148 valence electrons. The number of allylic oxidation sites excluding steroid dienone is 1. The highest BCUT2D eigenvalue weighted by Gasteiger charge is 2.32. The van der Waals surface area contributed by atoms with Gasteiger partial charge in [-0.25, -0.2) is 4.68 Å². The molecule has 3 aromatic rings. The number of carbonyl (C=O) groups excluding carboxylic acids is 1. The molecule has 0 bridgehead atoms. The normalized spacial score (nSPS) is 14.9. The molecule has 1 amide bonds. The van der Waals surface area contributed by atoms with Crippen LogP contribution < -0.4 is 4.90 Å². The predicted octanol–water partition coefficient (Wildman–Crippen LogP) is 3.35. The lowest BCUT2D eigenvalue weighted by atomic mass is 10.1. The molecule has 7 nitrogen and oxygen atoms in total. The minimum Gasteiger partial charge on any atom is -0.302 e. The fourth-order valence-corrected chi connectivity index (χ4v) is 3.18. The van der Waals surface area contributed by atoms with Crippen molar-refractivity contribution in [2.24, 2.45) is 10.2 Å². The third-order valence-corrected chi connectivity index (χ3v) is 4.53. The van der Waals surface area contributed by atoms with E-state index < -0.39 is 0 Å². The Hall–Kier alpha value is -4.13. The Labute approximate surface area is 174 Å². The van der Waals surface area contributed by atoms with Gasteiger partial charge < -0.3 is 4.90 Å². The summed E-state index contributed by atoms with van der Waals surface area (Å²) >= 11 is 0. The Kier molecular flexibility index (Phi) is 5.70. The van der Waals surface area contributed by atoms with E-state index in [0.717, 1.165) is 16.8 Å². The third kappa shape index (κ3) is 4.15. The van der Waals surface area contributed by atoms with Crippen LogP contribution in [0, 0.1) is 0 Å².